The van der Waals surface area contributed by atoms with Crippen LogP contribution in [0.15, 0.2) is 4.99 Å². The lowest BCUT2D eigenvalue weighted by atomic mass is 10.3. The molecule has 0 aromatic carbocycles. The van der Waals surface area contributed by atoms with Crippen molar-refractivity contribution in [1.82, 2.24) is 10.2 Å². The summed E-state index contributed by atoms with van der Waals surface area (Å²) in [4.78, 5) is 6.10. The van der Waals surface area contributed by atoms with E-state index in [-0.39, 0.29) is 0 Å². The third-order valence-electron chi connectivity index (χ3n) is 2.48. The molecule has 0 aromatic heterocycles. The van der Waals surface area contributed by atoms with Gasteiger partial charge in [0.15, 0.2) is 5.96 Å². The maximum Gasteiger partial charge on any atom is 0.193 e. The van der Waals surface area contributed by atoms with Crippen LogP contribution >= 0.6 is 0 Å². The molecule has 1 saturated heterocycles. The summed E-state index contributed by atoms with van der Waals surface area (Å²) in [5.74, 6) is 0.907. The van der Waals surface area contributed by atoms with Gasteiger partial charge in [-0.2, -0.15) is 0 Å². The number of nitrogens with one attached hydrogen (secondary N) is 1. The van der Waals surface area contributed by atoms with Gasteiger partial charge in [0.25, 0.3) is 0 Å². The molecule has 1 fully saturated rings. The van der Waals surface area contributed by atoms with Gasteiger partial charge in [-0.25, -0.2) is 0 Å². The maximum absolute atomic E-state index is 5.66. The molecule has 1 aliphatic rings. The Labute approximate surface area is 97.8 Å². The van der Waals surface area contributed by atoms with Gasteiger partial charge < -0.3 is 19.7 Å². The van der Waals surface area contributed by atoms with Gasteiger partial charge in [-0.3, -0.25) is 4.99 Å². The fourth-order valence-electron chi connectivity index (χ4n) is 1.60. The fraction of sp³-hybridized carbons (Fsp3) is 0.909. The van der Waals surface area contributed by atoms with Crippen molar-refractivity contribution in [2.24, 2.45) is 4.99 Å². The van der Waals surface area contributed by atoms with E-state index in [1.54, 1.807) is 7.05 Å². The van der Waals surface area contributed by atoms with Crippen molar-refractivity contribution in [1.29, 1.82) is 0 Å². The Morgan fingerprint density at radius 1 is 1.56 bits per heavy atom. The molecule has 16 heavy (non-hydrogen) atoms. The molecular weight excluding hydrogens is 206 g/mol. The largest absolute Gasteiger partial charge is 0.379 e. The van der Waals surface area contributed by atoms with Gasteiger partial charge in [0.1, 0.15) is 0 Å². The lowest BCUT2D eigenvalue weighted by molar-refractivity contribution is 0.0419. The van der Waals surface area contributed by atoms with Crippen molar-refractivity contribution in [3.8, 4) is 0 Å². The minimum absolute atomic E-state index is 0.313. The second-order valence-corrected chi connectivity index (χ2v) is 4.08. The van der Waals surface area contributed by atoms with Gasteiger partial charge in [0.2, 0.25) is 0 Å². The van der Waals surface area contributed by atoms with Crippen molar-refractivity contribution in [2.75, 3.05) is 47.5 Å². The average molecular weight is 229 g/mol. The molecule has 1 aliphatic heterocycles. The van der Waals surface area contributed by atoms with Crippen LogP contribution in [0.4, 0.5) is 0 Å². The topological polar surface area (TPSA) is 46.1 Å². The summed E-state index contributed by atoms with van der Waals surface area (Å²) in [7, 11) is 5.73. The molecule has 0 bridgehead atoms. The molecule has 0 saturated carbocycles. The molecule has 1 atom stereocenters. The Morgan fingerprint density at radius 3 is 2.94 bits per heavy atom. The highest BCUT2D eigenvalue weighted by Crippen LogP contribution is 2.07. The van der Waals surface area contributed by atoms with Crippen LogP contribution in [0.5, 0.6) is 0 Å². The van der Waals surface area contributed by atoms with Crippen molar-refractivity contribution >= 4 is 5.96 Å². The van der Waals surface area contributed by atoms with E-state index in [0.29, 0.717) is 6.10 Å². The van der Waals surface area contributed by atoms with Crippen molar-refractivity contribution in [3.63, 3.8) is 0 Å². The van der Waals surface area contributed by atoms with Gasteiger partial charge >= 0.3 is 0 Å². The summed E-state index contributed by atoms with van der Waals surface area (Å²) < 4.78 is 10.9. The van der Waals surface area contributed by atoms with Crippen LogP contribution in [0.25, 0.3) is 0 Å². The standard InChI is InChI=1S/C11H23N3O2/c1-12-11(14(2)3)13-6-4-7-16-10-5-8-15-9-10/h10H,4-9H2,1-3H3,(H,12,13). The molecule has 0 spiro atoms. The molecule has 5 heteroatoms. The molecule has 0 radical (unpaired) electrons. The summed E-state index contributed by atoms with van der Waals surface area (Å²) in [5.41, 5.74) is 0. The second kappa shape index (κ2) is 7.46. The van der Waals surface area contributed by atoms with Crippen LogP contribution in [-0.4, -0.2) is 64.5 Å². The molecule has 0 aliphatic carbocycles. The molecule has 1 N–H and O–H groups in total. The maximum atomic E-state index is 5.66. The van der Waals surface area contributed by atoms with E-state index in [1.165, 1.54) is 0 Å². The highest BCUT2D eigenvalue weighted by molar-refractivity contribution is 5.79. The third-order valence-corrected chi connectivity index (χ3v) is 2.48. The van der Waals surface area contributed by atoms with Crippen LogP contribution in [0, 0.1) is 0 Å². The summed E-state index contributed by atoms with van der Waals surface area (Å²) in [6.07, 6.45) is 2.34. The SMILES string of the molecule is CN=C(NCCCOC1CCOC1)N(C)C. The highest BCUT2D eigenvalue weighted by atomic mass is 16.5. The van der Waals surface area contributed by atoms with E-state index in [9.17, 15) is 0 Å². The highest BCUT2D eigenvalue weighted by Gasteiger charge is 2.15. The molecule has 94 valence electrons. The summed E-state index contributed by atoms with van der Waals surface area (Å²) >= 11 is 0. The number of aliphatic imine (C=N–C) groups is 1. The first-order valence-corrected chi connectivity index (χ1v) is 5.81. The molecule has 1 rings (SSSR count). The Hall–Kier alpha value is -0.810. The Kier molecular flexibility index (Phi) is 6.18. The van der Waals surface area contributed by atoms with E-state index in [1.807, 2.05) is 19.0 Å². The Morgan fingerprint density at radius 2 is 2.38 bits per heavy atom. The lowest BCUT2D eigenvalue weighted by Gasteiger charge is -2.17. The van der Waals surface area contributed by atoms with E-state index in [2.05, 4.69) is 10.3 Å². The number of nitrogens with zero attached hydrogens (tertiary/aromatic N) is 2. The third kappa shape index (κ3) is 4.81. The summed E-state index contributed by atoms with van der Waals surface area (Å²) in [5, 5.41) is 3.26. The lowest BCUT2D eigenvalue weighted by Crippen LogP contribution is -2.37. The molecule has 1 unspecified atom stereocenters. The monoisotopic (exact) mass is 229 g/mol. The first-order valence-electron chi connectivity index (χ1n) is 5.81. The number of guanidine groups is 1. The number of rotatable bonds is 5. The number of ether oxygens (including phenoxy) is 2. The predicted molar refractivity (Wildman–Crippen MR) is 64.8 cm³/mol. The fourth-order valence-corrected chi connectivity index (χ4v) is 1.60. The zero-order valence-corrected chi connectivity index (χ0v) is 10.5. The van der Waals surface area contributed by atoms with Crippen LogP contribution in [0.3, 0.4) is 0 Å². The van der Waals surface area contributed by atoms with Gasteiger partial charge in [0, 0.05) is 40.9 Å². The Bertz CT molecular complexity index is 213. The van der Waals surface area contributed by atoms with E-state index < -0.39 is 0 Å². The summed E-state index contributed by atoms with van der Waals surface area (Å²) in [6, 6.07) is 0. The molecule has 0 amide bonds. The summed E-state index contributed by atoms with van der Waals surface area (Å²) in [6.45, 7) is 3.27. The van der Waals surface area contributed by atoms with Gasteiger partial charge in [-0.15, -0.1) is 0 Å². The minimum atomic E-state index is 0.313. The van der Waals surface area contributed by atoms with Gasteiger partial charge in [0.05, 0.1) is 12.7 Å². The van der Waals surface area contributed by atoms with Crippen LogP contribution in [0.2, 0.25) is 0 Å². The van der Waals surface area contributed by atoms with Crippen molar-refractivity contribution in [2.45, 2.75) is 18.9 Å². The smallest absolute Gasteiger partial charge is 0.193 e. The van der Waals surface area contributed by atoms with Crippen LogP contribution < -0.4 is 5.32 Å². The van der Waals surface area contributed by atoms with Crippen molar-refractivity contribution in [3.05, 3.63) is 0 Å². The average Bonchev–Trinajstić information content (AvgIpc) is 2.75. The van der Waals surface area contributed by atoms with Crippen LogP contribution in [-0.2, 0) is 9.47 Å². The van der Waals surface area contributed by atoms with Gasteiger partial charge in [-0.05, 0) is 12.8 Å². The first kappa shape index (κ1) is 13.3. The van der Waals surface area contributed by atoms with Crippen LogP contribution in [0.1, 0.15) is 12.8 Å². The number of hydrogen-bond acceptors (Lipinski definition) is 3. The molecular formula is C11H23N3O2. The molecule has 1 heterocycles. The van der Waals surface area contributed by atoms with Gasteiger partial charge in [-0.1, -0.05) is 0 Å². The molecule has 0 aromatic rings. The number of hydrogen-bond donors (Lipinski definition) is 1. The zero-order chi connectivity index (χ0) is 11.8. The van der Waals surface area contributed by atoms with E-state index in [0.717, 1.165) is 45.2 Å². The quantitative estimate of drug-likeness (QED) is 0.419. The van der Waals surface area contributed by atoms with Crippen molar-refractivity contribution < 1.29 is 9.47 Å². The van der Waals surface area contributed by atoms with E-state index >= 15 is 0 Å². The first-order chi connectivity index (χ1) is 7.74. The zero-order valence-electron chi connectivity index (χ0n) is 10.5. The predicted octanol–water partition coefficient (Wildman–Crippen LogP) is 0.319. The molecule has 5 nitrogen and oxygen atoms in total. The minimum Gasteiger partial charge on any atom is -0.379 e. The normalized spacial score (nSPS) is 21.2. The second-order valence-electron chi connectivity index (χ2n) is 4.08. The van der Waals surface area contributed by atoms with E-state index in [4.69, 9.17) is 9.47 Å². The Balaban J connectivity index is 1.98.